The molecule has 2 aromatic carbocycles. The van der Waals surface area contributed by atoms with Crippen molar-refractivity contribution in [2.45, 2.75) is 59.1 Å². The summed E-state index contributed by atoms with van der Waals surface area (Å²) in [5.41, 5.74) is 0. The van der Waals surface area contributed by atoms with E-state index in [4.69, 9.17) is 13.5 Å². The molecular weight excluding hydrogens is 411 g/mol. The van der Waals surface area contributed by atoms with Crippen LogP contribution >= 0.6 is 7.60 Å². The molecular formula is C24H37O4PSi. The zero-order valence-electron chi connectivity index (χ0n) is 19.3. The Kier molecular flexibility index (Phi) is 9.08. The van der Waals surface area contributed by atoms with Crippen molar-refractivity contribution in [3.05, 3.63) is 60.7 Å². The molecule has 0 aliphatic heterocycles. The summed E-state index contributed by atoms with van der Waals surface area (Å²) in [6.07, 6.45) is 0.754. The van der Waals surface area contributed by atoms with Crippen LogP contribution in [0.25, 0.3) is 0 Å². The highest BCUT2D eigenvalue weighted by Crippen LogP contribution is 2.50. The van der Waals surface area contributed by atoms with E-state index in [1.165, 1.54) is 10.4 Å². The number of hydrogen-bond acceptors (Lipinski definition) is 4. The van der Waals surface area contributed by atoms with Crippen molar-refractivity contribution in [2.24, 2.45) is 0 Å². The van der Waals surface area contributed by atoms with Gasteiger partial charge >= 0.3 is 7.60 Å². The van der Waals surface area contributed by atoms with Crippen molar-refractivity contribution in [1.29, 1.82) is 0 Å². The third kappa shape index (κ3) is 5.71. The van der Waals surface area contributed by atoms with Crippen molar-refractivity contribution in [3.63, 3.8) is 0 Å². The van der Waals surface area contributed by atoms with Gasteiger partial charge in [-0.15, -0.1) is 0 Å². The predicted octanol–water partition coefficient (Wildman–Crippen LogP) is 5.61. The second kappa shape index (κ2) is 10.9. The van der Waals surface area contributed by atoms with Crippen molar-refractivity contribution in [1.82, 2.24) is 0 Å². The smallest absolute Gasteiger partial charge is 0.333 e. The van der Waals surface area contributed by atoms with Crippen LogP contribution in [0.4, 0.5) is 0 Å². The van der Waals surface area contributed by atoms with Gasteiger partial charge in [-0.1, -0.05) is 88.4 Å². The van der Waals surface area contributed by atoms with Crippen LogP contribution in [0.3, 0.4) is 0 Å². The van der Waals surface area contributed by atoms with Crippen LogP contribution in [0.15, 0.2) is 60.7 Å². The largest absolute Gasteiger partial charge is 0.404 e. The zero-order valence-corrected chi connectivity index (χ0v) is 21.2. The first kappa shape index (κ1) is 25.0. The molecule has 0 aromatic heterocycles. The van der Waals surface area contributed by atoms with Gasteiger partial charge in [-0.2, -0.15) is 0 Å². The fourth-order valence-corrected chi connectivity index (χ4v) is 10.8. The molecule has 30 heavy (non-hydrogen) atoms. The molecule has 2 aromatic rings. The Balaban J connectivity index is 2.58. The first-order valence-corrected chi connectivity index (χ1v) is 14.5. The van der Waals surface area contributed by atoms with Gasteiger partial charge < -0.3 is 13.5 Å². The molecule has 4 nitrogen and oxygen atoms in total. The second-order valence-corrected chi connectivity index (χ2v) is 14.8. The molecule has 0 amide bonds. The lowest BCUT2D eigenvalue weighted by Gasteiger charge is -2.45. The molecule has 6 heteroatoms. The molecule has 0 spiro atoms. The van der Waals surface area contributed by atoms with E-state index in [1.807, 2.05) is 26.0 Å². The SMILES string of the molecule is CCOP(=O)(CC(CC)O[Si](c1ccccc1)(c1ccccc1)C(C)(C)C)OCC. The second-order valence-electron chi connectivity index (χ2n) is 8.44. The van der Waals surface area contributed by atoms with Crippen molar-refractivity contribution >= 4 is 26.3 Å². The Hall–Kier alpha value is -1.23. The molecule has 0 heterocycles. The van der Waals surface area contributed by atoms with Crippen LogP contribution in [-0.4, -0.2) is 33.8 Å². The average Bonchev–Trinajstić information content (AvgIpc) is 2.72. The van der Waals surface area contributed by atoms with Gasteiger partial charge in [0.1, 0.15) is 0 Å². The Morgan fingerprint density at radius 1 is 0.833 bits per heavy atom. The van der Waals surface area contributed by atoms with Gasteiger partial charge in [0.25, 0.3) is 8.32 Å². The van der Waals surface area contributed by atoms with E-state index in [1.54, 1.807) is 0 Å². The maximum absolute atomic E-state index is 13.3. The minimum absolute atomic E-state index is 0.135. The van der Waals surface area contributed by atoms with Gasteiger partial charge in [-0.3, -0.25) is 4.57 Å². The fourth-order valence-electron chi connectivity index (χ4n) is 3.98. The average molecular weight is 449 g/mol. The summed E-state index contributed by atoms with van der Waals surface area (Å²) in [6, 6.07) is 21.0. The molecule has 1 atom stereocenters. The number of rotatable bonds is 11. The predicted molar refractivity (Wildman–Crippen MR) is 129 cm³/mol. The van der Waals surface area contributed by atoms with Crippen LogP contribution in [-0.2, 0) is 18.0 Å². The van der Waals surface area contributed by atoms with Crippen molar-refractivity contribution in [3.8, 4) is 0 Å². The molecule has 1 unspecified atom stereocenters. The summed E-state index contributed by atoms with van der Waals surface area (Å²) < 4.78 is 31.6. The minimum atomic E-state index is -3.22. The molecule has 0 saturated carbocycles. The van der Waals surface area contributed by atoms with Gasteiger partial charge in [0.2, 0.25) is 0 Å². The van der Waals surface area contributed by atoms with E-state index in [9.17, 15) is 4.57 Å². The van der Waals surface area contributed by atoms with E-state index in [0.29, 0.717) is 13.2 Å². The van der Waals surface area contributed by atoms with Crippen LogP contribution < -0.4 is 10.4 Å². The number of benzene rings is 2. The molecule has 0 N–H and O–H groups in total. The Bertz CT molecular complexity index is 755. The molecule has 0 aliphatic rings. The lowest BCUT2D eigenvalue weighted by molar-refractivity contribution is 0.174. The van der Waals surface area contributed by atoms with Gasteiger partial charge in [-0.05, 0) is 35.7 Å². The first-order valence-electron chi connectivity index (χ1n) is 10.9. The summed E-state index contributed by atoms with van der Waals surface area (Å²) in [5, 5.41) is 2.29. The number of hydrogen-bond donors (Lipinski definition) is 0. The monoisotopic (exact) mass is 448 g/mol. The minimum Gasteiger partial charge on any atom is -0.404 e. The standard InChI is InChI=1S/C24H37O4PSi/c1-7-21(20-29(25,26-8-2)27-9-3)28-30(24(4,5)6,22-16-12-10-13-17-22)23-18-14-11-15-19-23/h10-19,21H,7-9,20H2,1-6H3. The van der Waals surface area contributed by atoms with E-state index in [-0.39, 0.29) is 17.3 Å². The summed E-state index contributed by atoms with van der Waals surface area (Å²) >= 11 is 0. The third-order valence-electron chi connectivity index (χ3n) is 5.29. The van der Waals surface area contributed by atoms with Gasteiger partial charge in [0.05, 0.1) is 25.5 Å². The van der Waals surface area contributed by atoms with Crippen molar-refractivity contribution < 1.29 is 18.0 Å². The Morgan fingerprint density at radius 3 is 1.60 bits per heavy atom. The van der Waals surface area contributed by atoms with Gasteiger partial charge in [-0.25, -0.2) is 0 Å². The zero-order chi connectivity index (χ0) is 22.3. The summed E-state index contributed by atoms with van der Waals surface area (Å²) in [4.78, 5) is 0. The highest BCUT2D eigenvalue weighted by Gasteiger charge is 2.51. The lowest BCUT2D eigenvalue weighted by atomic mass is 10.2. The molecule has 2 rings (SSSR count). The van der Waals surface area contributed by atoms with Crippen LogP contribution in [0.1, 0.15) is 48.0 Å². The molecule has 166 valence electrons. The third-order valence-corrected chi connectivity index (χ3v) is 12.5. The van der Waals surface area contributed by atoms with Crippen LogP contribution in [0, 0.1) is 0 Å². The normalized spacial score (nSPS) is 13.9. The van der Waals surface area contributed by atoms with E-state index < -0.39 is 15.9 Å². The van der Waals surface area contributed by atoms with Gasteiger partial charge in [0, 0.05) is 0 Å². The summed E-state index contributed by atoms with van der Waals surface area (Å²) in [7, 11) is -5.93. The molecule has 0 radical (unpaired) electrons. The quantitative estimate of drug-likeness (QED) is 0.331. The maximum Gasteiger partial charge on any atom is 0.333 e. The summed E-state index contributed by atoms with van der Waals surface area (Å²) in [6.45, 7) is 13.2. The lowest BCUT2D eigenvalue weighted by Crippen LogP contribution is -2.68. The highest BCUT2D eigenvalue weighted by molar-refractivity contribution is 7.53. The maximum atomic E-state index is 13.3. The molecule has 0 fully saturated rings. The van der Waals surface area contributed by atoms with Crippen molar-refractivity contribution in [2.75, 3.05) is 19.4 Å². The van der Waals surface area contributed by atoms with Crippen LogP contribution in [0.5, 0.6) is 0 Å². The van der Waals surface area contributed by atoms with E-state index in [0.717, 1.165) is 6.42 Å². The van der Waals surface area contributed by atoms with Gasteiger partial charge in [0.15, 0.2) is 0 Å². The first-order chi connectivity index (χ1) is 14.2. The highest BCUT2D eigenvalue weighted by atomic mass is 31.2. The Labute approximate surface area is 183 Å². The molecule has 0 bridgehead atoms. The fraction of sp³-hybridized carbons (Fsp3) is 0.500. The summed E-state index contributed by atoms with van der Waals surface area (Å²) in [5.74, 6) is 0. The Morgan fingerprint density at radius 2 is 1.27 bits per heavy atom. The van der Waals surface area contributed by atoms with E-state index >= 15 is 0 Å². The molecule has 0 aliphatic carbocycles. The topological polar surface area (TPSA) is 44.8 Å². The van der Waals surface area contributed by atoms with Crippen LogP contribution in [0.2, 0.25) is 5.04 Å². The molecule has 0 saturated heterocycles. The van der Waals surface area contributed by atoms with E-state index in [2.05, 4.69) is 76.2 Å².